The van der Waals surface area contributed by atoms with E-state index in [0.717, 1.165) is 5.56 Å². The Morgan fingerprint density at radius 2 is 1.72 bits per heavy atom. The van der Waals surface area contributed by atoms with E-state index in [1.165, 1.54) is 12.1 Å². The van der Waals surface area contributed by atoms with Gasteiger partial charge in [0.15, 0.2) is 12.4 Å². The van der Waals surface area contributed by atoms with E-state index in [0.29, 0.717) is 60.3 Å². The molecule has 2 aromatic heterocycles. The summed E-state index contributed by atoms with van der Waals surface area (Å²) in [5.74, 6) is 1.28. The molecule has 1 saturated heterocycles. The monoisotopic (exact) mass is 507 g/mol. The van der Waals surface area contributed by atoms with E-state index >= 15 is 0 Å². The van der Waals surface area contributed by atoms with Gasteiger partial charge in [0.1, 0.15) is 11.4 Å². The van der Waals surface area contributed by atoms with E-state index in [4.69, 9.17) is 19.0 Å². The fourth-order valence-electron chi connectivity index (χ4n) is 4.10. The van der Waals surface area contributed by atoms with Gasteiger partial charge in [0, 0.05) is 48.9 Å². The first-order valence-corrected chi connectivity index (χ1v) is 12.9. The summed E-state index contributed by atoms with van der Waals surface area (Å²) in [7, 11) is -3.81. The van der Waals surface area contributed by atoms with Crippen LogP contribution in [0.1, 0.15) is 24.3 Å². The van der Waals surface area contributed by atoms with Gasteiger partial charge >= 0.3 is 0 Å². The number of aromatic nitrogens is 2. The maximum absolute atomic E-state index is 11.6. The van der Waals surface area contributed by atoms with E-state index in [1.54, 1.807) is 30.6 Å². The number of pyridine rings is 1. The molecule has 36 heavy (non-hydrogen) atoms. The van der Waals surface area contributed by atoms with Gasteiger partial charge in [-0.15, -0.1) is 0 Å². The second-order valence-electron chi connectivity index (χ2n) is 8.56. The quantitative estimate of drug-likeness (QED) is 0.387. The third-order valence-electron chi connectivity index (χ3n) is 6.10. The van der Waals surface area contributed by atoms with Crippen molar-refractivity contribution in [3.8, 4) is 28.3 Å². The lowest BCUT2D eigenvalue weighted by Gasteiger charge is -2.32. The Labute approximate surface area is 208 Å². The van der Waals surface area contributed by atoms with Crippen LogP contribution in [0.15, 0.2) is 82.4 Å². The van der Waals surface area contributed by atoms with Crippen molar-refractivity contribution >= 4 is 10.0 Å². The summed E-state index contributed by atoms with van der Waals surface area (Å²) in [6, 6.07) is 17.4. The molecule has 0 spiro atoms. The van der Waals surface area contributed by atoms with Crippen molar-refractivity contribution in [2.45, 2.75) is 29.9 Å². The molecule has 0 aliphatic carbocycles. The number of hydrogen-bond acceptors (Lipinski definition) is 8. The third kappa shape index (κ3) is 5.17. The normalized spacial score (nSPS) is 15.5. The number of benzene rings is 2. The highest BCUT2D eigenvalue weighted by atomic mass is 32.2. The van der Waals surface area contributed by atoms with Crippen LogP contribution in [-0.4, -0.2) is 36.7 Å². The Balaban J connectivity index is 1.42. The minimum atomic E-state index is -3.81. The number of rotatable bonds is 7. The van der Waals surface area contributed by atoms with Gasteiger partial charge in [-0.1, -0.05) is 30.3 Å². The highest BCUT2D eigenvalue weighted by Crippen LogP contribution is 2.35. The zero-order valence-corrected chi connectivity index (χ0v) is 20.1. The first-order chi connectivity index (χ1) is 17.3. The SMILES string of the molecule is NS(=O)(=O)c1ccc(-c2oc(COc3cncc(C4(O)CCOCC4)c3)nc2-c2ccccc2)cc1. The molecule has 4 aromatic rings. The van der Waals surface area contributed by atoms with Crippen molar-refractivity contribution in [3.63, 3.8) is 0 Å². The van der Waals surface area contributed by atoms with Gasteiger partial charge < -0.3 is 19.0 Å². The maximum Gasteiger partial charge on any atom is 0.238 e. The van der Waals surface area contributed by atoms with E-state index in [2.05, 4.69) is 9.97 Å². The van der Waals surface area contributed by atoms with E-state index < -0.39 is 15.6 Å². The molecule has 0 atom stereocenters. The highest BCUT2D eigenvalue weighted by molar-refractivity contribution is 7.89. The number of nitrogens with two attached hydrogens (primary N) is 1. The van der Waals surface area contributed by atoms with Crippen molar-refractivity contribution in [1.82, 2.24) is 9.97 Å². The molecular formula is C26H25N3O6S. The molecule has 1 fully saturated rings. The van der Waals surface area contributed by atoms with E-state index in [-0.39, 0.29) is 11.5 Å². The maximum atomic E-state index is 11.6. The van der Waals surface area contributed by atoms with Crippen molar-refractivity contribution in [3.05, 3.63) is 84.5 Å². The lowest BCUT2D eigenvalue weighted by molar-refractivity contribution is -0.0682. The van der Waals surface area contributed by atoms with Gasteiger partial charge in [-0.25, -0.2) is 18.5 Å². The van der Waals surface area contributed by atoms with Gasteiger partial charge in [0.2, 0.25) is 15.9 Å². The zero-order valence-electron chi connectivity index (χ0n) is 19.3. The summed E-state index contributed by atoms with van der Waals surface area (Å²) in [5.41, 5.74) is 1.76. The summed E-state index contributed by atoms with van der Waals surface area (Å²) < 4.78 is 40.6. The molecule has 5 rings (SSSR count). The van der Waals surface area contributed by atoms with Crippen LogP contribution in [0.3, 0.4) is 0 Å². The molecule has 0 bridgehead atoms. The molecule has 0 unspecified atom stereocenters. The number of ether oxygens (including phenoxy) is 2. The Kier molecular flexibility index (Phi) is 6.59. The van der Waals surface area contributed by atoms with E-state index in [1.807, 2.05) is 30.3 Å². The van der Waals surface area contributed by atoms with Crippen LogP contribution >= 0.6 is 0 Å². The van der Waals surface area contributed by atoms with Crippen LogP contribution in [0.5, 0.6) is 5.75 Å². The number of sulfonamides is 1. The first-order valence-electron chi connectivity index (χ1n) is 11.4. The first kappa shape index (κ1) is 24.1. The number of oxazole rings is 1. The fraction of sp³-hybridized carbons (Fsp3) is 0.231. The Bertz CT molecular complexity index is 1450. The minimum Gasteiger partial charge on any atom is -0.482 e. The minimum absolute atomic E-state index is 0.00847. The highest BCUT2D eigenvalue weighted by Gasteiger charge is 2.32. The van der Waals surface area contributed by atoms with Crippen molar-refractivity contribution < 1.29 is 27.4 Å². The van der Waals surface area contributed by atoms with Gasteiger partial charge in [0.05, 0.1) is 16.7 Å². The summed E-state index contributed by atoms with van der Waals surface area (Å²) in [5, 5.41) is 16.2. The zero-order chi connectivity index (χ0) is 25.2. The van der Waals surface area contributed by atoms with Gasteiger partial charge in [-0.2, -0.15) is 0 Å². The van der Waals surface area contributed by atoms with Crippen LogP contribution in [0.4, 0.5) is 0 Å². The molecule has 0 amide bonds. The molecule has 0 radical (unpaired) electrons. The number of aliphatic hydroxyl groups is 1. The molecule has 1 aliphatic heterocycles. The molecule has 3 heterocycles. The second-order valence-corrected chi connectivity index (χ2v) is 10.1. The molecule has 3 N–H and O–H groups in total. The molecule has 9 nitrogen and oxygen atoms in total. The lowest BCUT2D eigenvalue weighted by Crippen LogP contribution is -2.33. The molecule has 2 aromatic carbocycles. The topological polar surface area (TPSA) is 138 Å². The summed E-state index contributed by atoms with van der Waals surface area (Å²) in [4.78, 5) is 8.88. The number of nitrogens with zero attached hydrogens (tertiary/aromatic N) is 2. The summed E-state index contributed by atoms with van der Waals surface area (Å²) >= 11 is 0. The predicted molar refractivity (Wildman–Crippen MR) is 131 cm³/mol. The van der Waals surface area contributed by atoms with Crippen LogP contribution in [0, 0.1) is 0 Å². The molecule has 10 heteroatoms. The number of hydrogen-bond donors (Lipinski definition) is 2. The van der Waals surface area contributed by atoms with Crippen molar-refractivity contribution in [1.29, 1.82) is 0 Å². The van der Waals surface area contributed by atoms with Crippen LogP contribution in [0.25, 0.3) is 22.6 Å². The Morgan fingerprint density at radius 1 is 1.00 bits per heavy atom. The second kappa shape index (κ2) is 9.82. The van der Waals surface area contributed by atoms with E-state index in [9.17, 15) is 13.5 Å². The predicted octanol–water partition coefficient (Wildman–Crippen LogP) is 3.63. The van der Waals surface area contributed by atoms with Gasteiger partial charge in [-0.05, 0) is 30.3 Å². The molecular weight excluding hydrogens is 482 g/mol. The largest absolute Gasteiger partial charge is 0.482 e. The van der Waals surface area contributed by atoms with Gasteiger partial charge in [0.25, 0.3) is 0 Å². The van der Waals surface area contributed by atoms with Gasteiger partial charge in [-0.3, -0.25) is 4.98 Å². The standard InChI is InChI=1S/C26H25N3O6S/c27-36(31,32)22-8-6-19(7-9-22)25-24(18-4-2-1-3-5-18)29-23(35-25)17-34-21-14-20(15-28-16-21)26(30)10-12-33-13-11-26/h1-9,14-16,30H,10-13,17H2,(H2,27,31,32). The van der Waals surface area contributed by atoms with Crippen LogP contribution in [0.2, 0.25) is 0 Å². The van der Waals surface area contributed by atoms with Crippen molar-refractivity contribution in [2.24, 2.45) is 5.14 Å². The number of primary sulfonamides is 1. The Hall–Kier alpha value is -3.57. The lowest BCUT2D eigenvalue weighted by atomic mass is 9.87. The van der Waals surface area contributed by atoms with Crippen LogP contribution < -0.4 is 9.88 Å². The molecule has 1 aliphatic rings. The summed E-state index contributed by atoms with van der Waals surface area (Å²) in [6.07, 6.45) is 4.19. The fourth-order valence-corrected chi connectivity index (χ4v) is 4.62. The molecule has 186 valence electrons. The Morgan fingerprint density at radius 3 is 2.42 bits per heavy atom. The average Bonchev–Trinajstić information content (AvgIpc) is 3.33. The molecule has 0 saturated carbocycles. The van der Waals surface area contributed by atoms with Crippen LogP contribution in [-0.2, 0) is 27.0 Å². The smallest absolute Gasteiger partial charge is 0.238 e. The third-order valence-corrected chi connectivity index (χ3v) is 7.03. The summed E-state index contributed by atoms with van der Waals surface area (Å²) in [6.45, 7) is 1.00. The van der Waals surface area contributed by atoms with Crippen molar-refractivity contribution in [2.75, 3.05) is 13.2 Å². The average molecular weight is 508 g/mol.